The fraction of sp³-hybridized carbons (Fsp3) is 0.636. The number of guanidine groups is 1. The number of carbonyl (C=O) groups excluding carboxylic acids is 1. The lowest BCUT2D eigenvalue weighted by molar-refractivity contribution is 0.0168. The van der Waals surface area contributed by atoms with Crippen molar-refractivity contribution >= 4 is 12.1 Å². The number of ether oxygens (including phenoxy) is 3. The number of rotatable bonds is 5. The number of nitrogens with zero attached hydrogens (tertiary/aromatic N) is 2. The molecule has 8 nitrogen and oxygen atoms in total. The number of aliphatic imine (C=N–C) groups is 1. The Balaban J connectivity index is 1.40. The van der Waals surface area contributed by atoms with Gasteiger partial charge in [-0.25, -0.2) is 4.79 Å². The van der Waals surface area contributed by atoms with E-state index < -0.39 is 5.60 Å². The first-order valence-corrected chi connectivity index (χ1v) is 10.6. The zero-order valence-corrected chi connectivity index (χ0v) is 18.5. The molecule has 0 spiro atoms. The van der Waals surface area contributed by atoms with Gasteiger partial charge in [-0.3, -0.25) is 4.99 Å². The highest BCUT2D eigenvalue weighted by Crippen LogP contribution is 2.32. The Hall–Kier alpha value is -2.64. The summed E-state index contributed by atoms with van der Waals surface area (Å²) in [5.41, 5.74) is 0.717. The first-order chi connectivity index (χ1) is 14.3. The second-order valence-corrected chi connectivity index (χ2v) is 8.75. The van der Waals surface area contributed by atoms with Crippen molar-refractivity contribution in [2.45, 2.75) is 45.6 Å². The van der Waals surface area contributed by atoms with Gasteiger partial charge >= 0.3 is 6.09 Å². The summed E-state index contributed by atoms with van der Waals surface area (Å²) in [6, 6.07) is 6.02. The Labute approximate surface area is 179 Å². The van der Waals surface area contributed by atoms with Crippen molar-refractivity contribution in [3.05, 3.63) is 23.8 Å². The quantitative estimate of drug-likeness (QED) is 0.565. The van der Waals surface area contributed by atoms with E-state index in [4.69, 9.17) is 14.2 Å². The standard InChI is InChI=1S/C22H34N4O4/c1-22(2,3)30-21(27)26-11-5-6-17(14-26)13-25-20(23-4)24-10-9-16-7-8-18-19(12-16)29-15-28-18/h7-8,12,17H,5-6,9-11,13-15H2,1-4H3,(H2,23,24,25). The summed E-state index contributed by atoms with van der Waals surface area (Å²) in [5, 5.41) is 6.74. The molecular weight excluding hydrogens is 384 g/mol. The van der Waals surface area contributed by atoms with Crippen LogP contribution in [0.2, 0.25) is 0 Å². The van der Waals surface area contributed by atoms with Crippen molar-refractivity contribution in [3.8, 4) is 11.5 Å². The fourth-order valence-corrected chi connectivity index (χ4v) is 3.61. The molecule has 0 aromatic heterocycles. The average molecular weight is 419 g/mol. The van der Waals surface area contributed by atoms with Gasteiger partial charge in [-0.15, -0.1) is 0 Å². The van der Waals surface area contributed by atoms with Crippen LogP contribution in [0.15, 0.2) is 23.2 Å². The zero-order valence-electron chi connectivity index (χ0n) is 18.5. The smallest absolute Gasteiger partial charge is 0.410 e. The van der Waals surface area contributed by atoms with Crippen LogP contribution in [0.3, 0.4) is 0 Å². The molecule has 8 heteroatoms. The second kappa shape index (κ2) is 9.91. The molecule has 2 aliphatic heterocycles. The summed E-state index contributed by atoms with van der Waals surface area (Å²) < 4.78 is 16.3. The molecule has 1 aromatic carbocycles. The van der Waals surface area contributed by atoms with E-state index in [-0.39, 0.29) is 6.09 Å². The molecule has 2 N–H and O–H groups in total. The van der Waals surface area contributed by atoms with Crippen LogP contribution in [-0.4, -0.2) is 62.6 Å². The van der Waals surface area contributed by atoms with Gasteiger partial charge in [-0.2, -0.15) is 0 Å². The Morgan fingerprint density at radius 3 is 2.83 bits per heavy atom. The highest BCUT2D eigenvalue weighted by atomic mass is 16.7. The van der Waals surface area contributed by atoms with Gasteiger partial charge in [-0.1, -0.05) is 6.07 Å². The molecule has 1 aromatic rings. The van der Waals surface area contributed by atoms with Gasteiger partial charge in [0.25, 0.3) is 0 Å². The molecule has 1 amide bonds. The summed E-state index contributed by atoms with van der Waals surface area (Å²) in [4.78, 5) is 18.5. The molecule has 0 aliphatic carbocycles. The SMILES string of the molecule is CN=C(NCCc1ccc2c(c1)OCO2)NCC1CCCN(C(=O)OC(C)(C)C)C1. The number of likely N-dealkylation sites (tertiary alicyclic amines) is 1. The topological polar surface area (TPSA) is 84.4 Å². The number of benzene rings is 1. The van der Waals surface area contributed by atoms with Gasteiger partial charge in [0.05, 0.1) is 0 Å². The molecule has 0 saturated carbocycles. The lowest BCUT2D eigenvalue weighted by atomic mass is 9.98. The first-order valence-electron chi connectivity index (χ1n) is 10.6. The number of hydrogen-bond acceptors (Lipinski definition) is 5. The lowest BCUT2D eigenvalue weighted by Crippen LogP contribution is -2.47. The van der Waals surface area contributed by atoms with E-state index in [9.17, 15) is 4.79 Å². The van der Waals surface area contributed by atoms with E-state index in [0.717, 1.165) is 56.4 Å². The summed E-state index contributed by atoms with van der Waals surface area (Å²) in [7, 11) is 1.77. The van der Waals surface area contributed by atoms with Gasteiger partial charge in [0.1, 0.15) is 5.60 Å². The van der Waals surface area contributed by atoms with E-state index in [1.165, 1.54) is 5.56 Å². The van der Waals surface area contributed by atoms with Crippen LogP contribution in [-0.2, 0) is 11.2 Å². The minimum atomic E-state index is -0.466. The van der Waals surface area contributed by atoms with Crippen LogP contribution in [0, 0.1) is 5.92 Å². The van der Waals surface area contributed by atoms with Crippen molar-refractivity contribution in [1.29, 1.82) is 0 Å². The van der Waals surface area contributed by atoms with Crippen LogP contribution in [0.5, 0.6) is 11.5 Å². The third-order valence-electron chi connectivity index (χ3n) is 5.10. The average Bonchev–Trinajstić information content (AvgIpc) is 3.17. The Morgan fingerprint density at radius 1 is 1.27 bits per heavy atom. The summed E-state index contributed by atoms with van der Waals surface area (Å²) in [6.07, 6.45) is 2.70. The second-order valence-electron chi connectivity index (χ2n) is 8.75. The van der Waals surface area contributed by atoms with Crippen LogP contribution >= 0.6 is 0 Å². The molecule has 2 heterocycles. The number of hydrogen-bond donors (Lipinski definition) is 2. The lowest BCUT2D eigenvalue weighted by Gasteiger charge is -2.34. The third kappa shape index (κ3) is 6.43. The number of amides is 1. The van der Waals surface area contributed by atoms with Crippen molar-refractivity contribution in [1.82, 2.24) is 15.5 Å². The highest BCUT2D eigenvalue weighted by Gasteiger charge is 2.27. The van der Waals surface area contributed by atoms with Crippen molar-refractivity contribution < 1.29 is 19.0 Å². The normalized spacial score (nSPS) is 18.9. The molecule has 2 aliphatic rings. The minimum absolute atomic E-state index is 0.224. The maximum Gasteiger partial charge on any atom is 0.410 e. The molecule has 166 valence electrons. The Bertz CT molecular complexity index is 760. The molecule has 30 heavy (non-hydrogen) atoms. The predicted octanol–water partition coefficient (Wildman–Crippen LogP) is 2.77. The van der Waals surface area contributed by atoms with Gasteiger partial charge in [0.15, 0.2) is 17.5 Å². The van der Waals surface area contributed by atoms with E-state index in [1.54, 1.807) is 7.05 Å². The molecule has 3 rings (SSSR count). The van der Waals surface area contributed by atoms with Crippen LogP contribution in [0.1, 0.15) is 39.2 Å². The van der Waals surface area contributed by atoms with E-state index in [1.807, 2.05) is 37.8 Å². The summed E-state index contributed by atoms with van der Waals surface area (Å²) in [6.45, 7) is 8.97. The van der Waals surface area contributed by atoms with Crippen molar-refractivity contribution in [3.63, 3.8) is 0 Å². The van der Waals surface area contributed by atoms with E-state index >= 15 is 0 Å². The largest absolute Gasteiger partial charge is 0.454 e. The van der Waals surface area contributed by atoms with Gasteiger partial charge < -0.3 is 29.7 Å². The maximum absolute atomic E-state index is 12.3. The maximum atomic E-state index is 12.3. The predicted molar refractivity (Wildman–Crippen MR) is 116 cm³/mol. The third-order valence-corrected chi connectivity index (χ3v) is 5.10. The monoisotopic (exact) mass is 418 g/mol. The van der Waals surface area contributed by atoms with Gasteiger partial charge in [-0.05, 0) is 63.6 Å². The van der Waals surface area contributed by atoms with Crippen molar-refractivity contribution in [2.24, 2.45) is 10.9 Å². The van der Waals surface area contributed by atoms with E-state index in [2.05, 4.69) is 21.7 Å². The molecular formula is C22H34N4O4. The first kappa shape index (κ1) is 22.1. The Kier molecular flexibility index (Phi) is 7.29. The minimum Gasteiger partial charge on any atom is -0.454 e. The highest BCUT2D eigenvalue weighted by molar-refractivity contribution is 5.79. The van der Waals surface area contributed by atoms with Crippen LogP contribution in [0.4, 0.5) is 4.79 Å². The number of nitrogens with one attached hydrogen (secondary N) is 2. The number of piperidine rings is 1. The van der Waals surface area contributed by atoms with Crippen LogP contribution in [0.25, 0.3) is 0 Å². The molecule has 1 unspecified atom stereocenters. The molecule has 0 radical (unpaired) electrons. The zero-order chi connectivity index (χ0) is 21.6. The fourth-order valence-electron chi connectivity index (χ4n) is 3.61. The molecule has 1 atom stereocenters. The van der Waals surface area contributed by atoms with Crippen LogP contribution < -0.4 is 20.1 Å². The summed E-state index contributed by atoms with van der Waals surface area (Å²) in [5.74, 6) is 2.75. The van der Waals surface area contributed by atoms with Crippen molar-refractivity contribution in [2.75, 3.05) is 40.0 Å². The van der Waals surface area contributed by atoms with E-state index in [0.29, 0.717) is 19.3 Å². The Morgan fingerprint density at radius 2 is 2.07 bits per heavy atom. The number of fused-ring (bicyclic) bond motifs is 1. The molecule has 0 bridgehead atoms. The number of carbonyl (C=O) groups is 1. The van der Waals surface area contributed by atoms with Gasteiger partial charge in [0, 0.05) is 33.2 Å². The molecule has 1 fully saturated rings. The molecule has 1 saturated heterocycles. The van der Waals surface area contributed by atoms with Gasteiger partial charge in [0.2, 0.25) is 6.79 Å². The summed E-state index contributed by atoms with van der Waals surface area (Å²) >= 11 is 0.